The van der Waals surface area contributed by atoms with Crippen molar-refractivity contribution in [2.75, 3.05) is 0 Å². The molecule has 2 saturated carbocycles. The molecule has 3 aliphatic rings. The number of fused-ring (bicyclic) bond motifs is 1. The van der Waals surface area contributed by atoms with Crippen LogP contribution >= 0.6 is 0 Å². The minimum Gasteiger partial charge on any atom is -0.458 e. The average molecular weight is 533 g/mol. The van der Waals surface area contributed by atoms with E-state index < -0.39 is 70.5 Å². The van der Waals surface area contributed by atoms with Crippen LogP contribution in [0.25, 0.3) is 0 Å². The van der Waals surface area contributed by atoms with E-state index in [-0.39, 0.29) is 24.4 Å². The lowest BCUT2D eigenvalue weighted by atomic mass is 9.47. The summed E-state index contributed by atoms with van der Waals surface area (Å²) in [7, 11) is 0. The lowest BCUT2D eigenvalue weighted by Crippen LogP contribution is -2.81. The van der Waals surface area contributed by atoms with Gasteiger partial charge in [-0.1, -0.05) is 0 Å². The van der Waals surface area contributed by atoms with E-state index in [1.54, 1.807) is 20.8 Å². The third kappa shape index (κ3) is 3.63. The summed E-state index contributed by atoms with van der Waals surface area (Å²) >= 11 is 0. The van der Waals surface area contributed by atoms with Gasteiger partial charge in [-0.25, -0.2) is 9.59 Å². The van der Waals surface area contributed by atoms with Crippen molar-refractivity contribution >= 4 is 17.9 Å². The van der Waals surface area contributed by atoms with Crippen molar-refractivity contribution in [3.63, 3.8) is 0 Å². The molecule has 2 aliphatic carbocycles. The first-order valence-electron chi connectivity index (χ1n) is 12.5. The number of esters is 3. The maximum absolute atomic E-state index is 13.1. The van der Waals surface area contributed by atoms with Crippen LogP contribution in [0.15, 0.2) is 45.6 Å². The number of hydrogen-bond acceptors (Lipinski definition) is 11. The van der Waals surface area contributed by atoms with Crippen LogP contribution in [0.2, 0.25) is 0 Å². The molecule has 38 heavy (non-hydrogen) atoms. The first kappa shape index (κ1) is 26.5. The monoisotopic (exact) mass is 532 g/mol. The number of ether oxygens (including phenoxy) is 4. The second-order valence-corrected chi connectivity index (χ2v) is 11.3. The molecule has 11 heteroatoms. The van der Waals surface area contributed by atoms with Crippen molar-refractivity contribution in [2.24, 2.45) is 11.3 Å². The Morgan fingerprint density at radius 1 is 0.947 bits per heavy atom. The molecule has 2 aromatic heterocycles. The van der Waals surface area contributed by atoms with Crippen LogP contribution in [0.3, 0.4) is 0 Å². The zero-order valence-corrected chi connectivity index (χ0v) is 21.8. The van der Waals surface area contributed by atoms with Crippen LogP contribution < -0.4 is 0 Å². The quantitative estimate of drug-likeness (QED) is 0.431. The SMILES string of the molecule is CC(=O)O[C@H]1[C@@H](OC(=O)c2ccco2)C[C@@](C)(O)[C@]23OC(C)(C)[C@H](C[C@H](OC(=O)c4ccco4)[C@]12C)[C@H]3O. The van der Waals surface area contributed by atoms with Gasteiger partial charge in [0, 0.05) is 19.3 Å². The van der Waals surface area contributed by atoms with Gasteiger partial charge in [0.25, 0.3) is 0 Å². The lowest BCUT2D eigenvalue weighted by molar-refractivity contribution is -0.342. The fourth-order valence-electron chi connectivity index (χ4n) is 7.03. The first-order chi connectivity index (χ1) is 17.7. The summed E-state index contributed by atoms with van der Waals surface area (Å²) in [5, 5.41) is 23.7. The third-order valence-corrected chi connectivity index (χ3v) is 8.62. The molecule has 0 unspecified atom stereocenters. The van der Waals surface area contributed by atoms with Crippen molar-refractivity contribution < 1.29 is 52.4 Å². The van der Waals surface area contributed by atoms with Crippen molar-refractivity contribution in [3.8, 4) is 0 Å². The average Bonchev–Trinajstić information content (AvgIpc) is 3.56. The highest BCUT2D eigenvalue weighted by atomic mass is 16.6. The standard InChI is InChI=1S/C27H32O11/c1-14(28)35-21-18(36-22(30)16-8-6-10-33-16)13-25(4,32)27-20(29)15(24(2,3)38-27)12-19(26(21,27)5)37-23(31)17-9-7-11-34-17/h6-11,15,18-21,29,32H,12-13H2,1-5H3/t15-,18+,19+,20-,21+,25-,26-,27+/m1/s1. The maximum atomic E-state index is 13.1. The van der Waals surface area contributed by atoms with Gasteiger partial charge in [0.15, 0.2) is 6.10 Å². The molecule has 0 amide bonds. The molecule has 2 aromatic rings. The molecule has 206 valence electrons. The zero-order valence-electron chi connectivity index (χ0n) is 21.8. The Morgan fingerprint density at radius 2 is 1.53 bits per heavy atom. The number of furan rings is 2. The first-order valence-corrected chi connectivity index (χ1v) is 12.5. The number of carbonyl (C=O) groups is 3. The minimum atomic E-state index is -1.83. The summed E-state index contributed by atoms with van der Waals surface area (Å²) in [6.45, 7) is 7.85. The molecule has 0 aromatic carbocycles. The van der Waals surface area contributed by atoms with Gasteiger partial charge >= 0.3 is 17.9 Å². The topological polar surface area (TPSA) is 155 Å². The molecular formula is C27H32O11. The Labute approximate surface area is 219 Å². The maximum Gasteiger partial charge on any atom is 0.374 e. The normalized spacial score (nSPS) is 39.2. The molecule has 3 fully saturated rings. The lowest BCUT2D eigenvalue weighted by Gasteiger charge is -2.65. The van der Waals surface area contributed by atoms with Gasteiger partial charge in [-0.2, -0.15) is 0 Å². The van der Waals surface area contributed by atoms with E-state index in [9.17, 15) is 24.6 Å². The Balaban J connectivity index is 1.64. The number of carbonyl (C=O) groups excluding carboxylic acids is 3. The van der Waals surface area contributed by atoms with E-state index in [0.29, 0.717) is 0 Å². The second kappa shape index (κ2) is 8.69. The van der Waals surface area contributed by atoms with Gasteiger partial charge in [-0.15, -0.1) is 0 Å². The van der Waals surface area contributed by atoms with Gasteiger partial charge in [-0.05, 0) is 58.4 Å². The van der Waals surface area contributed by atoms with Gasteiger partial charge in [0.2, 0.25) is 11.5 Å². The molecule has 11 nitrogen and oxygen atoms in total. The molecule has 2 N–H and O–H groups in total. The van der Waals surface area contributed by atoms with Crippen LogP contribution in [-0.4, -0.2) is 69.3 Å². The summed E-state index contributed by atoms with van der Waals surface area (Å²) in [6.07, 6.45) is -2.24. The Kier molecular flexibility index (Phi) is 6.05. The summed E-state index contributed by atoms with van der Waals surface area (Å²) in [4.78, 5) is 38.4. The molecule has 1 spiro atoms. The molecule has 3 heterocycles. The number of aliphatic hydroxyl groups excluding tert-OH is 1. The second-order valence-electron chi connectivity index (χ2n) is 11.3. The molecular weight excluding hydrogens is 500 g/mol. The summed E-state index contributed by atoms with van der Waals surface area (Å²) in [5.41, 5.74) is -6.13. The third-order valence-electron chi connectivity index (χ3n) is 8.62. The molecule has 2 bridgehead atoms. The van der Waals surface area contributed by atoms with Crippen LogP contribution in [0.5, 0.6) is 0 Å². The van der Waals surface area contributed by atoms with Gasteiger partial charge in [0.05, 0.1) is 35.2 Å². The summed E-state index contributed by atoms with van der Waals surface area (Å²) in [5.74, 6) is -2.99. The van der Waals surface area contributed by atoms with E-state index in [1.807, 2.05) is 0 Å². The fourth-order valence-corrected chi connectivity index (χ4v) is 7.03. The molecule has 1 saturated heterocycles. The molecule has 8 atom stereocenters. The molecule has 5 rings (SSSR count). The predicted molar refractivity (Wildman–Crippen MR) is 127 cm³/mol. The van der Waals surface area contributed by atoms with E-state index in [0.717, 1.165) is 0 Å². The van der Waals surface area contributed by atoms with Gasteiger partial charge in [0.1, 0.15) is 17.8 Å². The van der Waals surface area contributed by atoms with Crippen LogP contribution in [-0.2, 0) is 23.7 Å². The van der Waals surface area contributed by atoms with E-state index in [2.05, 4.69) is 0 Å². The van der Waals surface area contributed by atoms with Gasteiger partial charge in [-0.3, -0.25) is 4.79 Å². The van der Waals surface area contributed by atoms with Crippen molar-refractivity contribution in [1.82, 2.24) is 0 Å². The van der Waals surface area contributed by atoms with E-state index in [4.69, 9.17) is 27.8 Å². The highest BCUT2D eigenvalue weighted by molar-refractivity contribution is 5.87. The number of aliphatic hydroxyl groups is 2. The minimum absolute atomic E-state index is 0.0475. The highest BCUT2D eigenvalue weighted by Crippen LogP contribution is 2.68. The van der Waals surface area contributed by atoms with Gasteiger partial charge < -0.3 is 38.0 Å². The van der Waals surface area contributed by atoms with Crippen LogP contribution in [0, 0.1) is 11.3 Å². The zero-order chi connectivity index (χ0) is 27.7. The summed E-state index contributed by atoms with van der Waals surface area (Å²) < 4.78 is 34.4. The predicted octanol–water partition coefficient (Wildman–Crippen LogP) is 2.64. The smallest absolute Gasteiger partial charge is 0.374 e. The van der Waals surface area contributed by atoms with E-state index >= 15 is 0 Å². The Morgan fingerprint density at radius 3 is 2.05 bits per heavy atom. The van der Waals surface area contributed by atoms with Crippen molar-refractivity contribution in [3.05, 3.63) is 48.3 Å². The van der Waals surface area contributed by atoms with Crippen molar-refractivity contribution in [1.29, 1.82) is 0 Å². The highest BCUT2D eigenvalue weighted by Gasteiger charge is 2.83. The van der Waals surface area contributed by atoms with Crippen LogP contribution in [0.4, 0.5) is 0 Å². The Hall–Kier alpha value is -3.15. The van der Waals surface area contributed by atoms with E-state index in [1.165, 1.54) is 50.6 Å². The van der Waals surface area contributed by atoms with Crippen LogP contribution in [0.1, 0.15) is 68.6 Å². The largest absolute Gasteiger partial charge is 0.458 e. The number of hydrogen-bond donors (Lipinski definition) is 2. The fraction of sp³-hybridized carbons (Fsp3) is 0.593. The molecule has 0 radical (unpaired) electrons. The summed E-state index contributed by atoms with van der Waals surface area (Å²) in [6, 6.07) is 5.92. The van der Waals surface area contributed by atoms with Crippen molar-refractivity contribution in [2.45, 2.75) is 88.7 Å². The number of rotatable bonds is 5. The Bertz CT molecular complexity index is 1210. The molecule has 1 aliphatic heterocycles.